The molecule has 0 aliphatic carbocycles. The number of carbonyl (C=O) groups excluding carboxylic acids is 2. The highest BCUT2D eigenvalue weighted by Crippen LogP contribution is 2.12. The molecule has 0 radical (unpaired) electrons. The van der Waals surface area contributed by atoms with E-state index in [-0.39, 0.29) is 5.69 Å². The van der Waals surface area contributed by atoms with Gasteiger partial charge in [-0.25, -0.2) is 13.6 Å². The lowest BCUT2D eigenvalue weighted by atomic mass is 10.3. The van der Waals surface area contributed by atoms with Gasteiger partial charge in [-0.2, -0.15) is 13.2 Å². The van der Waals surface area contributed by atoms with E-state index in [1.807, 2.05) is 0 Å². The second kappa shape index (κ2) is 6.86. The third-order valence-corrected chi connectivity index (χ3v) is 2.02. The van der Waals surface area contributed by atoms with E-state index in [0.717, 1.165) is 12.1 Å². The van der Waals surface area contributed by atoms with E-state index in [1.165, 1.54) is 5.32 Å². The van der Waals surface area contributed by atoms with E-state index >= 15 is 0 Å². The summed E-state index contributed by atoms with van der Waals surface area (Å²) in [5, 5.41) is 5.35. The van der Waals surface area contributed by atoms with E-state index in [1.54, 1.807) is 5.32 Å². The van der Waals surface area contributed by atoms with Crippen molar-refractivity contribution < 1.29 is 31.5 Å². The first-order chi connectivity index (χ1) is 9.65. The van der Waals surface area contributed by atoms with Crippen LogP contribution >= 0.6 is 0 Å². The van der Waals surface area contributed by atoms with Gasteiger partial charge in [-0.1, -0.05) is 0 Å². The number of nitrogens with one attached hydrogen (secondary N) is 3. The van der Waals surface area contributed by atoms with Gasteiger partial charge in [0.2, 0.25) is 5.91 Å². The summed E-state index contributed by atoms with van der Waals surface area (Å²) in [5.74, 6) is -2.72. The number of hydrogen-bond donors (Lipinski definition) is 3. The van der Waals surface area contributed by atoms with Crippen molar-refractivity contribution in [2.24, 2.45) is 0 Å². The molecule has 0 atom stereocenters. The van der Waals surface area contributed by atoms with Crippen LogP contribution in [0.4, 0.5) is 32.4 Å². The molecular formula is C11H10F5N3O2. The first-order valence-electron chi connectivity index (χ1n) is 5.50. The smallest absolute Gasteiger partial charge is 0.376 e. The lowest BCUT2D eigenvalue weighted by molar-refractivity contribution is -0.124. The Balaban J connectivity index is 2.38. The Hall–Kier alpha value is -2.39. The summed E-state index contributed by atoms with van der Waals surface area (Å²) in [6, 6.07) is 1.10. The quantitative estimate of drug-likeness (QED) is 0.742. The third kappa shape index (κ3) is 7.09. The Morgan fingerprint density at radius 1 is 1.05 bits per heavy atom. The monoisotopic (exact) mass is 311 g/mol. The fraction of sp³-hybridized carbons (Fsp3) is 0.273. The molecule has 21 heavy (non-hydrogen) atoms. The predicted molar refractivity (Wildman–Crippen MR) is 62.4 cm³/mol. The van der Waals surface area contributed by atoms with Gasteiger partial charge in [-0.05, 0) is 12.1 Å². The number of hydrogen-bond acceptors (Lipinski definition) is 3. The molecule has 1 aromatic carbocycles. The Morgan fingerprint density at radius 3 is 2.14 bits per heavy atom. The summed E-state index contributed by atoms with van der Waals surface area (Å²) in [5.41, 5.74) is -0.0571. The number of carbonyl (C=O) groups is 2. The number of rotatable bonds is 4. The molecule has 1 aromatic rings. The third-order valence-electron chi connectivity index (χ3n) is 2.02. The molecule has 10 heteroatoms. The highest BCUT2D eigenvalue weighted by molar-refractivity contribution is 5.96. The molecular weight excluding hydrogens is 301 g/mol. The van der Waals surface area contributed by atoms with Gasteiger partial charge in [0.25, 0.3) is 0 Å². The highest BCUT2D eigenvalue weighted by Gasteiger charge is 2.27. The van der Waals surface area contributed by atoms with Gasteiger partial charge in [-0.3, -0.25) is 10.1 Å². The number of amides is 3. The minimum Gasteiger partial charge on any atom is -0.376 e. The van der Waals surface area contributed by atoms with Crippen LogP contribution in [0.25, 0.3) is 0 Å². The minimum atomic E-state index is -4.60. The molecule has 0 heterocycles. The summed E-state index contributed by atoms with van der Waals surface area (Å²) in [6.07, 6.45) is -4.60. The molecule has 1 rings (SSSR count). The van der Waals surface area contributed by atoms with Gasteiger partial charge in [-0.15, -0.1) is 0 Å². The maximum Gasteiger partial charge on any atom is 0.405 e. The molecule has 0 spiro atoms. The number of benzene rings is 1. The molecule has 0 fully saturated rings. The van der Waals surface area contributed by atoms with E-state index in [2.05, 4.69) is 5.32 Å². The summed E-state index contributed by atoms with van der Waals surface area (Å²) in [6.45, 7) is -2.14. The zero-order valence-corrected chi connectivity index (χ0v) is 10.4. The Kier molecular flexibility index (Phi) is 5.44. The fourth-order valence-corrected chi connectivity index (χ4v) is 1.23. The molecule has 116 valence electrons. The summed E-state index contributed by atoms with van der Waals surface area (Å²) in [7, 11) is 0. The van der Waals surface area contributed by atoms with E-state index < -0.39 is 42.8 Å². The van der Waals surface area contributed by atoms with Crippen molar-refractivity contribution in [3.63, 3.8) is 0 Å². The Morgan fingerprint density at radius 2 is 1.62 bits per heavy atom. The second-order valence-corrected chi connectivity index (χ2v) is 3.86. The van der Waals surface area contributed by atoms with Crippen LogP contribution in [0.15, 0.2) is 18.2 Å². The van der Waals surface area contributed by atoms with Crippen molar-refractivity contribution in [1.82, 2.24) is 10.6 Å². The number of imide groups is 1. The standard InChI is InChI=1S/C11H10F5N3O2/c12-6-1-7(13)3-8(2-6)17-4-9(20)19-10(21)18-5-11(14,15)16/h1-3,17H,4-5H2,(H2,18,19,20,21). The fourth-order valence-electron chi connectivity index (χ4n) is 1.23. The molecule has 3 amide bonds. The first kappa shape index (κ1) is 16.7. The van der Waals surface area contributed by atoms with Crippen LogP contribution in [0.1, 0.15) is 0 Å². The minimum absolute atomic E-state index is 0.0571. The normalized spacial score (nSPS) is 10.9. The zero-order valence-electron chi connectivity index (χ0n) is 10.4. The maximum absolute atomic E-state index is 12.8. The van der Waals surface area contributed by atoms with Gasteiger partial charge in [0, 0.05) is 11.8 Å². The van der Waals surface area contributed by atoms with Crippen LogP contribution in [0.5, 0.6) is 0 Å². The summed E-state index contributed by atoms with van der Waals surface area (Å²) >= 11 is 0. The number of alkyl halides is 3. The summed E-state index contributed by atoms with van der Waals surface area (Å²) in [4.78, 5) is 22.1. The number of urea groups is 1. The van der Waals surface area contributed by atoms with Crippen molar-refractivity contribution >= 4 is 17.6 Å². The van der Waals surface area contributed by atoms with Crippen LogP contribution in [0.3, 0.4) is 0 Å². The molecule has 0 aromatic heterocycles. The van der Waals surface area contributed by atoms with Gasteiger partial charge < -0.3 is 10.6 Å². The lowest BCUT2D eigenvalue weighted by Crippen LogP contribution is -2.45. The van der Waals surface area contributed by atoms with Gasteiger partial charge in [0.05, 0.1) is 6.54 Å². The van der Waals surface area contributed by atoms with Crippen LogP contribution in [0, 0.1) is 11.6 Å². The maximum atomic E-state index is 12.8. The van der Waals surface area contributed by atoms with Gasteiger partial charge in [0.1, 0.15) is 18.2 Å². The molecule has 0 aliphatic heterocycles. The number of anilines is 1. The predicted octanol–water partition coefficient (Wildman–Crippen LogP) is 1.76. The van der Waals surface area contributed by atoms with Crippen molar-refractivity contribution in [2.45, 2.75) is 6.18 Å². The number of halogens is 5. The van der Waals surface area contributed by atoms with Gasteiger partial charge >= 0.3 is 12.2 Å². The van der Waals surface area contributed by atoms with Crippen molar-refractivity contribution in [3.05, 3.63) is 29.8 Å². The molecule has 0 bridgehead atoms. The molecule has 5 nitrogen and oxygen atoms in total. The van der Waals surface area contributed by atoms with E-state index in [9.17, 15) is 31.5 Å². The molecule has 0 unspecified atom stereocenters. The molecule has 0 aliphatic rings. The topological polar surface area (TPSA) is 70.2 Å². The van der Waals surface area contributed by atoms with Crippen molar-refractivity contribution in [1.29, 1.82) is 0 Å². The van der Waals surface area contributed by atoms with E-state index in [4.69, 9.17) is 0 Å². The summed E-state index contributed by atoms with van der Waals surface area (Å²) < 4.78 is 61.0. The van der Waals surface area contributed by atoms with Crippen LogP contribution in [-0.2, 0) is 4.79 Å². The zero-order chi connectivity index (χ0) is 16.0. The average molecular weight is 311 g/mol. The second-order valence-electron chi connectivity index (χ2n) is 3.86. The molecule has 0 saturated heterocycles. The highest BCUT2D eigenvalue weighted by atomic mass is 19.4. The molecule has 3 N–H and O–H groups in total. The first-order valence-corrected chi connectivity index (χ1v) is 5.50. The average Bonchev–Trinajstić information content (AvgIpc) is 2.32. The SMILES string of the molecule is O=C(CNc1cc(F)cc(F)c1)NC(=O)NCC(F)(F)F. The molecule has 0 saturated carbocycles. The lowest BCUT2D eigenvalue weighted by Gasteiger charge is -2.10. The van der Waals surface area contributed by atoms with Crippen molar-refractivity contribution in [3.8, 4) is 0 Å². The van der Waals surface area contributed by atoms with Gasteiger partial charge in [0.15, 0.2) is 0 Å². The van der Waals surface area contributed by atoms with Crippen LogP contribution in [0.2, 0.25) is 0 Å². The Labute approximate surface area is 115 Å². The van der Waals surface area contributed by atoms with Crippen molar-refractivity contribution in [2.75, 3.05) is 18.4 Å². The van der Waals surface area contributed by atoms with Crippen LogP contribution < -0.4 is 16.0 Å². The van der Waals surface area contributed by atoms with Crippen LogP contribution in [-0.4, -0.2) is 31.2 Å². The Bertz CT molecular complexity index is 513. The largest absolute Gasteiger partial charge is 0.405 e. The van der Waals surface area contributed by atoms with E-state index in [0.29, 0.717) is 6.07 Å².